The van der Waals surface area contributed by atoms with Crippen molar-refractivity contribution in [3.05, 3.63) is 0 Å². The first-order chi connectivity index (χ1) is 9.60. The van der Waals surface area contributed by atoms with Gasteiger partial charge >= 0.3 is 5.97 Å². The van der Waals surface area contributed by atoms with Crippen LogP contribution in [0.1, 0.15) is 84.0 Å². The molecule has 0 aromatic heterocycles. The third kappa shape index (κ3) is 5.82. The number of carboxylic acid groups (broad SMARTS) is 1. The molecule has 3 nitrogen and oxygen atoms in total. The van der Waals surface area contributed by atoms with Crippen LogP contribution >= 0.6 is 0 Å². The molecule has 0 atom stereocenters. The molecule has 0 saturated heterocycles. The van der Waals surface area contributed by atoms with E-state index in [9.17, 15) is 9.90 Å². The van der Waals surface area contributed by atoms with Crippen molar-refractivity contribution in [3.8, 4) is 0 Å². The number of hydrogen-bond acceptors (Lipinski definition) is 2. The van der Waals surface area contributed by atoms with Gasteiger partial charge in [0.1, 0.15) is 0 Å². The van der Waals surface area contributed by atoms with E-state index in [1.807, 2.05) is 0 Å². The predicted molar refractivity (Wildman–Crippen MR) is 84.1 cm³/mol. The van der Waals surface area contributed by atoms with E-state index in [0.29, 0.717) is 6.42 Å². The Balaban J connectivity index is 2.35. The van der Waals surface area contributed by atoms with Crippen molar-refractivity contribution in [3.63, 3.8) is 0 Å². The van der Waals surface area contributed by atoms with Gasteiger partial charge < -0.3 is 10.0 Å². The lowest BCUT2D eigenvalue weighted by molar-refractivity contribution is -0.141. The van der Waals surface area contributed by atoms with Gasteiger partial charge in [-0.2, -0.15) is 0 Å². The van der Waals surface area contributed by atoms with Gasteiger partial charge in [0.05, 0.1) is 6.42 Å². The van der Waals surface area contributed by atoms with Crippen molar-refractivity contribution < 1.29 is 9.90 Å². The summed E-state index contributed by atoms with van der Waals surface area (Å²) in [6.07, 6.45) is 13.9. The van der Waals surface area contributed by atoms with Crippen LogP contribution in [0.2, 0.25) is 0 Å². The van der Waals surface area contributed by atoms with Gasteiger partial charge in [0.15, 0.2) is 0 Å². The molecule has 0 spiro atoms. The van der Waals surface area contributed by atoms with E-state index >= 15 is 0 Å². The SMILES string of the molecule is CCCCCCCCN(C)C1(CC(=O)O)CCCCC1. The summed E-state index contributed by atoms with van der Waals surface area (Å²) in [5.74, 6) is -0.637. The maximum Gasteiger partial charge on any atom is 0.305 e. The summed E-state index contributed by atoms with van der Waals surface area (Å²) < 4.78 is 0. The molecular formula is C17H33NO2. The minimum Gasteiger partial charge on any atom is -0.481 e. The minimum atomic E-state index is -0.637. The molecule has 0 aromatic rings. The number of carbonyl (C=O) groups is 1. The maximum absolute atomic E-state index is 11.2. The van der Waals surface area contributed by atoms with Crippen LogP contribution in [-0.4, -0.2) is 35.1 Å². The Morgan fingerprint density at radius 2 is 1.65 bits per heavy atom. The average Bonchev–Trinajstić information content (AvgIpc) is 2.42. The van der Waals surface area contributed by atoms with E-state index in [0.717, 1.165) is 19.4 Å². The number of rotatable bonds is 10. The Morgan fingerprint density at radius 1 is 1.05 bits per heavy atom. The molecule has 0 amide bonds. The summed E-state index contributed by atoms with van der Waals surface area (Å²) in [4.78, 5) is 13.6. The summed E-state index contributed by atoms with van der Waals surface area (Å²) in [6.45, 7) is 3.30. The predicted octanol–water partition coefficient (Wildman–Crippen LogP) is 4.46. The normalized spacial score (nSPS) is 18.4. The fourth-order valence-corrected chi connectivity index (χ4v) is 3.55. The highest BCUT2D eigenvalue weighted by Crippen LogP contribution is 2.36. The summed E-state index contributed by atoms with van der Waals surface area (Å²) in [6, 6.07) is 0. The van der Waals surface area contributed by atoms with Crippen LogP contribution in [0.3, 0.4) is 0 Å². The van der Waals surface area contributed by atoms with Crippen LogP contribution < -0.4 is 0 Å². The topological polar surface area (TPSA) is 40.5 Å². The molecule has 1 saturated carbocycles. The Labute approximate surface area is 124 Å². The fourth-order valence-electron chi connectivity index (χ4n) is 3.55. The maximum atomic E-state index is 11.2. The molecule has 0 aliphatic heterocycles. The van der Waals surface area contributed by atoms with Gasteiger partial charge in [-0.05, 0) is 32.9 Å². The molecule has 1 fully saturated rings. The van der Waals surface area contributed by atoms with Crippen LogP contribution in [0.15, 0.2) is 0 Å². The molecule has 118 valence electrons. The molecule has 1 aliphatic rings. The van der Waals surface area contributed by atoms with Crippen molar-refractivity contribution in [1.29, 1.82) is 0 Å². The van der Waals surface area contributed by atoms with Crippen LogP contribution in [0.4, 0.5) is 0 Å². The van der Waals surface area contributed by atoms with Gasteiger partial charge in [0.25, 0.3) is 0 Å². The van der Waals surface area contributed by atoms with E-state index < -0.39 is 5.97 Å². The lowest BCUT2D eigenvalue weighted by atomic mass is 9.78. The second kappa shape index (κ2) is 9.38. The smallest absolute Gasteiger partial charge is 0.305 e. The Kier molecular flexibility index (Phi) is 8.20. The number of nitrogens with zero attached hydrogens (tertiary/aromatic N) is 1. The average molecular weight is 283 g/mol. The molecular weight excluding hydrogens is 250 g/mol. The quantitative estimate of drug-likeness (QED) is 0.602. The van der Waals surface area contributed by atoms with E-state index in [1.165, 1.54) is 57.8 Å². The molecule has 1 N–H and O–H groups in total. The Morgan fingerprint density at radius 3 is 2.25 bits per heavy atom. The van der Waals surface area contributed by atoms with Crippen molar-refractivity contribution in [1.82, 2.24) is 4.90 Å². The molecule has 0 radical (unpaired) electrons. The molecule has 20 heavy (non-hydrogen) atoms. The first-order valence-electron chi connectivity index (χ1n) is 8.54. The number of carboxylic acids is 1. The van der Waals surface area contributed by atoms with Crippen LogP contribution in [-0.2, 0) is 4.79 Å². The van der Waals surface area contributed by atoms with Crippen molar-refractivity contribution in [2.45, 2.75) is 89.5 Å². The molecule has 0 heterocycles. The van der Waals surface area contributed by atoms with Crippen LogP contribution in [0.25, 0.3) is 0 Å². The van der Waals surface area contributed by atoms with Gasteiger partial charge in [0, 0.05) is 5.54 Å². The lowest BCUT2D eigenvalue weighted by Crippen LogP contribution is -2.49. The highest BCUT2D eigenvalue weighted by Gasteiger charge is 2.37. The zero-order chi connectivity index (χ0) is 14.8. The highest BCUT2D eigenvalue weighted by atomic mass is 16.4. The molecule has 1 rings (SSSR count). The third-order valence-electron chi connectivity index (χ3n) is 4.92. The summed E-state index contributed by atoms with van der Waals surface area (Å²) >= 11 is 0. The third-order valence-corrected chi connectivity index (χ3v) is 4.92. The largest absolute Gasteiger partial charge is 0.481 e. The van der Waals surface area contributed by atoms with Gasteiger partial charge in [-0.1, -0.05) is 58.3 Å². The minimum absolute atomic E-state index is 0.0620. The molecule has 3 heteroatoms. The van der Waals surface area contributed by atoms with Gasteiger partial charge in [-0.25, -0.2) is 0 Å². The fraction of sp³-hybridized carbons (Fsp3) is 0.941. The Bertz CT molecular complexity index is 272. The zero-order valence-corrected chi connectivity index (χ0v) is 13.5. The van der Waals surface area contributed by atoms with Gasteiger partial charge in [-0.3, -0.25) is 4.79 Å². The molecule has 1 aliphatic carbocycles. The van der Waals surface area contributed by atoms with Gasteiger partial charge in [0.2, 0.25) is 0 Å². The lowest BCUT2D eigenvalue weighted by Gasteiger charge is -2.44. The molecule has 0 aromatic carbocycles. The summed E-state index contributed by atoms with van der Waals surface area (Å²) in [5.41, 5.74) is -0.0620. The van der Waals surface area contributed by atoms with Crippen LogP contribution in [0.5, 0.6) is 0 Å². The van der Waals surface area contributed by atoms with E-state index in [1.54, 1.807) is 0 Å². The number of hydrogen-bond donors (Lipinski definition) is 1. The van der Waals surface area contributed by atoms with Crippen molar-refractivity contribution in [2.24, 2.45) is 0 Å². The van der Waals surface area contributed by atoms with E-state index in [4.69, 9.17) is 0 Å². The standard InChI is InChI=1S/C17H33NO2/c1-3-4-5-6-7-11-14-18(2)17(15-16(19)20)12-9-8-10-13-17/h3-15H2,1-2H3,(H,19,20). The zero-order valence-electron chi connectivity index (χ0n) is 13.5. The van der Waals surface area contributed by atoms with Gasteiger partial charge in [-0.15, -0.1) is 0 Å². The Hall–Kier alpha value is -0.570. The van der Waals surface area contributed by atoms with Crippen molar-refractivity contribution >= 4 is 5.97 Å². The van der Waals surface area contributed by atoms with E-state index in [2.05, 4.69) is 18.9 Å². The number of aliphatic carboxylic acids is 1. The molecule has 0 unspecified atom stereocenters. The number of unbranched alkanes of at least 4 members (excludes halogenated alkanes) is 5. The van der Waals surface area contributed by atoms with Crippen molar-refractivity contribution in [2.75, 3.05) is 13.6 Å². The monoisotopic (exact) mass is 283 g/mol. The van der Waals surface area contributed by atoms with Crippen LogP contribution in [0, 0.1) is 0 Å². The first-order valence-corrected chi connectivity index (χ1v) is 8.54. The van der Waals surface area contributed by atoms with E-state index in [-0.39, 0.29) is 5.54 Å². The highest BCUT2D eigenvalue weighted by molar-refractivity contribution is 5.68. The molecule has 0 bridgehead atoms. The second-order valence-electron chi connectivity index (χ2n) is 6.54. The summed E-state index contributed by atoms with van der Waals surface area (Å²) in [7, 11) is 2.14. The summed E-state index contributed by atoms with van der Waals surface area (Å²) in [5, 5.41) is 9.22. The second-order valence-corrected chi connectivity index (χ2v) is 6.54. The first kappa shape index (κ1) is 17.5.